The second-order valence-electron chi connectivity index (χ2n) is 7.65. The molecular weight excluding hydrogens is 447 g/mol. The third kappa shape index (κ3) is 3.97. The van der Waals surface area contributed by atoms with Gasteiger partial charge in [0.05, 0.1) is 17.3 Å². The lowest BCUT2D eigenvalue weighted by atomic mass is 9.97. The van der Waals surface area contributed by atoms with Gasteiger partial charge in [-0.05, 0) is 48.0 Å². The predicted molar refractivity (Wildman–Crippen MR) is 118 cm³/mol. The fourth-order valence-electron chi connectivity index (χ4n) is 3.82. The van der Waals surface area contributed by atoms with Crippen LogP contribution in [0.25, 0.3) is 17.0 Å². The molecule has 0 saturated heterocycles. The average molecular weight is 465 g/mol. The van der Waals surface area contributed by atoms with Crippen LogP contribution in [-0.2, 0) is 6.18 Å². The van der Waals surface area contributed by atoms with Gasteiger partial charge in [0.1, 0.15) is 23.5 Å². The van der Waals surface area contributed by atoms with Gasteiger partial charge in [-0.2, -0.15) is 13.2 Å². The molecule has 34 heavy (non-hydrogen) atoms. The number of aromatic nitrogens is 4. The highest BCUT2D eigenvalue weighted by Gasteiger charge is 2.36. The monoisotopic (exact) mass is 465 g/mol. The van der Waals surface area contributed by atoms with Crippen molar-refractivity contribution in [3.05, 3.63) is 90.2 Å². The maximum Gasteiger partial charge on any atom is 0.416 e. The minimum absolute atomic E-state index is 0.0464. The fraction of sp³-hybridized carbons (Fsp3) is 0.130. The fourth-order valence-corrected chi connectivity index (χ4v) is 3.82. The van der Waals surface area contributed by atoms with Crippen LogP contribution in [0, 0.1) is 0 Å². The molecule has 5 rings (SSSR count). The van der Waals surface area contributed by atoms with Crippen LogP contribution in [0.2, 0.25) is 0 Å². The zero-order valence-corrected chi connectivity index (χ0v) is 17.8. The largest absolute Gasteiger partial charge is 0.416 e. The Labute approximate surface area is 191 Å². The van der Waals surface area contributed by atoms with Crippen LogP contribution in [0.3, 0.4) is 0 Å². The van der Waals surface area contributed by atoms with Crippen LogP contribution in [0.1, 0.15) is 27.5 Å². The Morgan fingerprint density at radius 3 is 2.74 bits per heavy atom. The van der Waals surface area contributed by atoms with Crippen molar-refractivity contribution in [1.29, 1.82) is 0 Å². The van der Waals surface area contributed by atoms with Crippen LogP contribution >= 0.6 is 0 Å². The number of hydrogen-bond acceptors (Lipinski definition) is 6. The Bertz CT molecular complexity index is 1400. The number of nitrogens with one attached hydrogen (secondary N) is 2. The van der Waals surface area contributed by atoms with Crippen molar-refractivity contribution in [2.24, 2.45) is 0 Å². The highest BCUT2D eigenvalue weighted by atomic mass is 19.4. The molecule has 0 spiro atoms. The number of halogens is 3. The topological polar surface area (TPSA) is 87.5 Å². The molecule has 0 bridgehead atoms. The Kier molecular flexibility index (Phi) is 5.25. The van der Waals surface area contributed by atoms with Gasteiger partial charge in [0, 0.05) is 31.2 Å². The molecule has 1 aliphatic rings. The number of anilines is 1. The zero-order chi connectivity index (χ0) is 23.9. The number of imidazole rings is 1. The van der Waals surface area contributed by atoms with E-state index in [2.05, 4.69) is 25.7 Å². The molecule has 8 nitrogen and oxygen atoms in total. The van der Waals surface area contributed by atoms with Gasteiger partial charge in [0.2, 0.25) is 0 Å². The van der Waals surface area contributed by atoms with Gasteiger partial charge in [0.15, 0.2) is 0 Å². The third-order valence-electron chi connectivity index (χ3n) is 5.39. The summed E-state index contributed by atoms with van der Waals surface area (Å²) in [5, 5.41) is 4.36. The first-order chi connectivity index (χ1) is 16.3. The summed E-state index contributed by atoms with van der Waals surface area (Å²) in [4.78, 5) is 25.9. The second-order valence-corrected chi connectivity index (χ2v) is 7.65. The summed E-state index contributed by atoms with van der Waals surface area (Å²) in [6, 6.07) is 9.63. The first kappa shape index (κ1) is 21.6. The molecule has 3 aromatic heterocycles. The predicted octanol–water partition coefficient (Wildman–Crippen LogP) is 4.07. The number of alkyl halides is 3. The van der Waals surface area contributed by atoms with E-state index in [-0.39, 0.29) is 11.1 Å². The van der Waals surface area contributed by atoms with Crippen LogP contribution < -0.4 is 10.7 Å². The molecule has 1 amide bonds. The van der Waals surface area contributed by atoms with Crippen molar-refractivity contribution in [3.8, 4) is 11.4 Å². The standard InChI is InChI=1S/C23H18F3N7O/c1-32-11-8-17(31-32)15-12-14(5-6-16(15)23(24,25)26)22(34)30-21-20(18-7-9-27-13-28-18)29-19-4-2-3-10-33(19)21/h2-13,17,31H,1H3,(H,30,34). The van der Waals surface area contributed by atoms with E-state index in [4.69, 9.17) is 0 Å². The Balaban J connectivity index is 1.55. The van der Waals surface area contributed by atoms with E-state index >= 15 is 0 Å². The first-order valence-corrected chi connectivity index (χ1v) is 10.2. The highest BCUT2D eigenvalue weighted by molar-refractivity contribution is 6.05. The van der Waals surface area contributed by atoms with Crippen LogP contribution in [0.15, 0.2) is 73.5 Å². The molecule has 4 heterocycles. The molecule has 0 radical (unpaired) electrons. The molecule has 1 aliphatic heterocycles. The van der Waals surface area contributed by atoms with Crippen molar-refractivity contribution in [3.63, 3.8) is 0 Å². The quantitative estimate of drug-likeness (QED) is 0.473. The SMILES string of the molecule is CN1C=CC(c2cc(C(=O)Nc3c(-c4ccncn4)nc4ccccn34)ccc2C(F)(F)F)N1. The Morgan fingerprint density at radius 2 is 2.03 bits per heavy atom. The third-order valence-corrected chi connectivity index (χ3v) is 5.39. The highest BCUT2D eigenvalue weighted by Crippen LogP contribution is 2.37. The number of nitrogens with zero attached hydrogens (tertiary/aromatic N) is 5. The summed E-state index contributed by atoms with van der Waals surface area (Å²) < 4.78 is 42.7. The number of carbonyl (C=O) groups excluding carboxylic acids is 1. The van der Waals surface area contributed by atoms with Crippen molar-refractivity contribution >= 4 is 17.4 Å². The summed E-state index contributed by atoms with van der Waals surface area (Å²) in [6.07, 6.45) is 3.31. The van der Waals surface area contributed by atoms with Gasteiger partial charge in [0.25, 0.3) is 5.91 Å². The molecular formula is C23H18F3N7O. The van der Waals surface area contributed by atoms with E-state index in [1.807, 2.05) is 0 Å². The molecule has 2 N–H and O–H groups in total. The molecule has 1 unspecified atom stereocenters. The first-order valence-electron chi connectivity index (χ1n) is 10.2. The summed E-state index contributed by atoms with van der Waals surface area (Å²) in [7, 11) is 1.68. The zero-order valence-electron chi connectivity index (χ0n) is 17.8. The van der Waals surface area contributed by atoms with Crippen LogP contribution in [0.4, 0.5) is 19.0 Å². The summed E-state index contributed by atoms with van der Waals surface area (Å²) in [5.41, 5.74) is 3.61. The van der Waals surface area contributed by atoms with Gasteiger partial charge >= 0.3 is 6.18 Å². The average Bonchev–Trinajstić information content (AvgIpc) is 3.42. The summed E-state index contributed by atoms with van der Waals surface area (Å²) in [6.45, 7) is 0. The molecule has 4 aromatic rings. The van der Waals surface area contributed by atoms with Crippen molar-refractivity contribution in [2.75, 3.05) is 12.4 Å². The lowest BCUT2D eigenvalue weighted by Crippen LogP contribution is -2.28. The maximum absolute atomic E-state index is 13.7. The van der Waals surface area contributed by atoms with E-state index in [0.717, 1.165) is 12.1 Å². The van der Waals surface area contributed by atoms with Crippen LogP contribution in [-0.4, -0.2) is 37.3 Å². The number of rotatable bonds is 4. The van der Waals surface area contributed by atoms with Gasteiger partial charge < -0.3 is 10.3 Å². The van der Waals surface area contributed by atoms with Crippen molar-refractivity contribution in [2.45, 2.75) is 12.2 Å². The van der Waals surface area contributed by atoms with E-state index in [0.29, 0.717) is 22.9 Å². The molecule has 0 aliphatic carbocycles. The minimum Gasteiger partial charge on any atom is -0.318 e. The summed E-state index contributed by atoms with van der Waals surface area (Å²) >= 11 is 0. The normalized spacial score (nSPS) is 15.8. The summed E-state index contributed by atoms with van der Waals surface area (Å²) in [5.74, 6) is -0.231. The second kappa shape index (κ2) is 8.27. The number of hydrogen-bond donors (Lipinski definition) is 2. The number of hydrazine groups is 1. The number of pyridine rings is 1. The maximum atomic E-state index is 13.7. The Morgan fingerprint density at radius 1 is 1.18 bits per heavy atom. The van der Waals surface area contributed by atoms with Gasteiger partial charge in [-0.25, -0.2) is 20.4 Å². The molecule has 1 atom stereocenters. The van der Waals surface area contributed by atoms with Crippen LogP contribution in [0.5, 0.6) is 0 Å². The van der Waals surface area contributed by atoms with Crippen molar-refractivity contribution < 1.29 is 18.0 Å². The molecule has 172 valence electrons. The van der Waals surface area contributed by atoms with E-state index in [1.165, 1.54) is 12.4 Å². The molecule has 0 fully saturated rings. The van der Waals surface area contributed by atoms with Gasteiger partial charge in [-0.1, -0.05) is 6.07 Å². The molecule has 11 heteroatoms. The molecule has 1 aromatic carbocycles. The molecule has 0 saturated carbocycles. The Hall–Kier alpha value is -4.25. The smallest absolute Gasteiger partial charge is 0.318 e. The number of fused-ring (bicyclic) bond motifs is 1. The number of benzene rings is 1. The number of carbonyl (C=O) groups is 1. The van der Waals surface area contributed by atoms with Crippen molar-refractivity contribution in [1.82, 2.24) is 29.8 Å². The van der Waals surface area contributed by atoms with E-state index in [9.17, 15) is 18.0 Å². The van der Waals surface area contributed by atoms with E-state index in [1.54, 1.807) is 65.4 Å². The van der Waals surface area contributed by atoms with Gasteiger partial charge in [-0.3, -0.25) is 9.20 Å². The lowest BCUT2D eigenvalue weighted by Gasteiger charge is -2.20. The minimum atomic E-state index is -4.57. The number of amides is 1. The van der Waals surface area contributed by atoms with E-state index < -0.39 is 23.7 Å². The van der Waals surface area contributed by atoms with Gasteiger partial charge in [-0.15, -0.1) is 0 Å². The lowest BCUT2D eigenvalue weighted by molar-refractivity contribution is -0.138.